The first kappa shape index (κ1) is 22.8. The maximum atomic E-state index is 12.4. The van der Waals surface area contributed by atoms with E-state index in [0.717, 1.165) is 19.5 Å². The molecule has 1 aliphatic heterocycles. The molecule has 0 saturated carbocycles. The van der Waals surface area contributed by atoms with Crippen molar-refractivity contribution in [2.45, 2.75) is 17.7 Å². The highest BCUT2D eigenvalue weighted by molar-refractivity contribution is 7.91. The van der Waals surface area contributed by atoms with E-state index in [9.17, 15) is 13.2 Å². The number of carbonyl (C=O) groups excluding carboxylic acids is 1. The molecule has 0 bridgehead atoms. The van der Waals surface area contributed by atoms with Crippen molar-refractivity contribution < 1.29 is 13.2 Å². The van der Waals surface area contributed by atoms with Crippen molar-refractivity contribution >= 4 is 21.7 Å². The van der Waals surface area contributed by atoms with Gasteiger partial charge in [0.2, 0.25) is 5.91 Å². The summed E-state index contributed by atoms with van der Waals surface area (Å²) in [6, 6.07) is 18.6. The third kappa shape index (κ3) is 6.82. The number of carbonyl (C=O) groups is 1. The minimum Gasteiger partial charge on any atom is -0.356 e. The molecular formula is C23H30N4O3S. The predicted molar refractivity (Wildman–Crippen MR) is 123 cm³/mol. The molecule has 0 aromatic heterocycles. The van der Waals surface area contributed by atoms with E-state index in [1.807, 2.05) is 23.1 Å². The first-order chi connectivity index (χ1) is 15.0. The summed E-state index contributed by atoms with van der Waals surface area (Å²) in [5, 5.41) is 6.27. The molecule has 3 rings (SSSR count). The van der Waals surface area contributed by atoms with Crippen molar-refractivity contribution in [1.29, 1.82) is 0 Å². The van der Waals surface area contributed by atoms with Crippen LogP contribution in [0.5, 0.6) is 0 Å². The summed E-state index contributed by atoms with van der Waals surface area (Å²) in [7, 11) is -1.69. The van der Waals surface area contributed by atoms with Crippen LogP contribution in [0.25, 0.3) is 0 Å². The number of hydrogen-bond acceptors (Lipinski definition) is 4. The number of guanidine groups is 1. The number of benzene rings is 2. The molecular weight excluding hydrogens is 412 g/mol. The Kier molecular flexibility index (Phi) is 8.06. The van der Waals surface area contributed by atoms with Gasteiger partial charge in [-0.05, 0) is 24.1 Å². The fraction of sp³-hybridized carbons (Fsp3) is 0.391. The van der Waals surface area contributed by atoms with E-state index in [-0.39, 0.29) is 24.1 Å². The summed E-state index contributed by atoms with van der Waals surface area (Å²) in [4.78, 5) is 18.7. The maximum absolute atomic E-state index is 12.4. The Morgan fingerprint density at radius 2 is 1.74 bits per heavy atom. The van der Waals surface area contributed by atoms with Gasteiger partial charge in [0.05, 0.1) is 10.6 Å². The minimum absolute atomic E-state index is 0.0209. The normalized spacial score (nSPS) is 17.1. The van der Waals surface area contributed by atoms with Crippen LogP contribution in [0.1, 0.15) is 12.0 Å². The van der Waals surface area contributed by atoms with Crippen LogP contribution in [0.4, 0.5) is 0 Å². The van der Waals surface area contributed by atoms with E-state index in [2.05, 4.69) is 27.8 Å². The second-order valence-electron chi connectivity index (χ2n) is 7.66. The molecule has 2 aromatic rings. The standard InChI is InChI=1S/C23H30N4O3S/c1-24-23(25-13-15-31(29,30)21-10-6-3-7-11-21)26-17-20-16-22(28)27(18-20)14-12-19-8-4-2-5-9-19/h2-11,20H,12-18H2,1H3,(H2,24,25,26). The lowest BCUT2D eigenvalue weighted by Gasteiger charge is -2.18. The number of likely N-dealkylation sites (tertiary alicyclic amines) is 1. The number of hydrogen-bond donors (Lipinski definition) is 2. The lowest BCUT2D eigenvalue weighted by molar-refractivity contribution is -0.127. The second-order valence-corrected chi connectivity index (χ2v) is 9.77. The summed E-state index contributed by atoms with van der Waals surface area (Å²) in [5.41, 5.74) is 1.23. The fourth-order valence-electron chi connectivity index (χ4n) is 3.63. The smallest absolute Gasteiger partial charge is 0.223 e. The SMILES string of the molecule is CN=C(NCCS(=O)(=O)c1ccccc1)NCC1CC(=O)N(CCc2ccccc2)C1. The zero-order chi connectivity index (χ0) is 22.1. The molecule has 1 amide bonds. The quantitative estimate of drug-likeness (QED) is 0.456. The Labute approximate surface area is 184 Å². The van der Waals surface area contributed by atoms with Crippen molar-refractivity contribution in [3.05, 3.63) is 66.2 Å². The molecule has 1 fully saturated rings. The van der Waals surface area contributed by atoms with Crippen LogP contribution in [0.2, 0.25) is 0 Å². The lowest BCUT2D eigenvalue weighted by Crippen LogP contribution is -2.42. The van der Waals surface area contributed by atoms with Crippen molar-refractivity contribution in [3.8, 4) is 0 Å². The van der Waals surface area contributed by atoms with Crippen LogP contribution >= 0.6 is 0 Å². The van der Waals surface area contributed by atoms with Crippen molar-refractivity contribution in [1.82, 2.24) is 15.5 Å². The summed E-state index contributed by atoms with van der Waals surface area (Å²) >= 11 is 0. The maximum Gasteiger partial charge on any atom is 0.223 e. The van der Waals surface area contributed by atoms with Crippen LogP contribution in [-0.4, -0.2) is 64.2 Å². The summed E-state index contributed by atoms with van der Waals surface area (Å²) in [6.45, 7) is 2.31. The minimum atomic E-state index is -3.34. The van der Waals surface area contributed by atoms with Crippen LogP contribution in [-0.2, 0) is 21.1 Å². The number of amides is 1. The first-order valence-corrected chi connectivity index (χ1v) is 12.2. The average molecular weight is 443 g/mol. The number of aliphatic imine (C=N–C) groups is 1. The molecule has 1 atom stereocenters. The van der Waals surface area contributed by atoms with Gasteiger partial charge >= 0.3 is 0 Å². The third-order valence-electron chi connectivity index (χ3n) is 5.36. The molecule has 2 N–H and O–H groups in total. The zero-order valence-corrected chi connectivity index (χ0v) is 18.6. The largest absolute Gasteiger partial charge is 0.356 e. The van der Waals surface area contributed by atoms with Crippen molar-refractivity contribution in [3.63, 3.8) is 0 Å². The molecule has 1 unspecified atom stereocenters. The van der Waals surface area contributed by atoms with E-state index in [4.69, 9.17) is 0 Å². The Hall–Kier alpha value is -2.87. The van der Waals surface area contributed by atoms with Crippen molar-refractivity contribution in [2.75, 3.05) is 39.0 Å². The summed E-state index contributed by atoms with van der Waals surface area (Å²) < 4.78 is 24.7. The van der Waals surface area contributed by atoms with Gasteiger partial charge in [0.1, 0.15) is 0 Å². The highest BCUT2D eigenvalue weighted by atomic mass is 32.2. The molecule has 7 nitrogen and oxygen atoms in total. The predicted octanol–water partition coefficient (Wildman–Crippen LogP) is 1.72. The topological polar surface area (TPSA) is 90.9 Å². The lowest BCUT2D eigenvalue weighted by atomic mass is 10.1. The van der Waals surface area contributed by atoms with E-state index in [0.29, 0.717) is 23.8 Å². The van der Waals surface area contributed by atoms with Gasteiger partial charge < -0.3 is 15.5 Å². The van der Waals surface area contributed by atoms with Gasteiger partial charge in [0, 0.05) is 45.6 Å². The van der Waals surface area contributed by atoms with Gasteiger partial charge in [-0.25, -0.2) is 8.42 Å². The Morgan fingerprint density at radius 3 is 2.42 bits per heavy atom. The first-order valence-electron chi connectivity index (χ1n) is 10.5. The Bertz CT molecular complexity index is 978. The average Bonchev–Trinajstić information content (AvgIpc) is 3.15. The van der Waals surface area contributed by atoms with Crippen LogP contribution in [0.15, 0.2) is 70.6 Å². The highest BCUT2D eigenvalue weighted by Crippen LogP contribution is 2.17. The second kappa shape index (κ2) is 10.9. The molecule has 0 radical (unpaired) electrons. The monoisotopic (exact) mass is 442 g/mol. The summed E-state index contributed by atoms with van der Waals surface area (Å²) in [5.74, 6) is 0.903. The van der Waals surface area contributed by atoms with Gasteiger partial charge in [-0.2, -0.15) is 0 Å². The molecule has 1 saturated heterocycles. The van der Waals surface area contributed by atoms with Crippen LogP contribution in [0, 0.1) is 5.92 Å². The molecule has 2 aromatic carbocycles. The molecule has 8 heteroatoms. The van der Waals surface area contributed by atoms with Crippen LogP contribution in [0.3, 0.4) is 0 Å². The zero-order valence-electron chi connectivity index (χ0n) is 17.8. The molecule has 31 heavy (non-hydrogen) atoms. The van der Waals surface area contributed by atoms with E-state index >= 15 is 0 Å². The summed E-state index contributed by atoms with van der Waals surface area (Å²) in [6.07, 6.45) is 1.37. The molecule has 0 aliphatic carbocycles. The van der Waals surface area contributed by atoms with Gasteiger partial charge in [-0.1, -0.05) is 48.5 Å². The van der Waals surface area contributed by atoms with Gasteiger partial charge in [-0.3, -0.25) is 9.79 Å². The molecule has 166 valence electrons. The molecule has 1 aliphatic rings. The van der Waals surface area contributed by atoms with Gasteiger partial charge in [-0.15, -0.1) is 0 Å². The van der Waals surface area contributed by atoms with Gasteiger partial charge in [0.25, 0.3) is 0 Å². The third-order valence-corrected chi connectivity index (χ3v) is 7.09. The highest BCUT2D eigenvalue weighted by Gasteiger charge is 2.29. The van der Waals surface area contributed by atoms with Gasteiger partial charge in [0.15, 0.2) is 15.8 Å². The van der Waals surface area contributed by atoms with Crippen LogP contribution < -0.4 is 10.6 Å². The molecule has 0 spiro atoms. The Balaban J connectivity index is 1.40. The van der Waals surface area contributed by atoms with E-state index in [1.54, 1.807) is 37.4 Å². The van der Waals surface area contributed by atoms with E-state index in [1.165, 1.54) is 5.56 Å². The molecule has 1 heterocycles. The van der Waals surface area contributed by atoms with Crippen molar-refractivity contribution in [2.24, 2.45) is 10.9 Å². The number of sulfone groups is 1. The fourth-order valence-corrected chi connectivity index (χ4v) is 4.80. The number of rotatable bonds is 9. The number of nitrogens with zero attached hydrogens (tertiary/aromatic N) is 2. The Morgan fingerprint density at radius 1 is 1.06 bits per heavy atom. The van der Waals surface area contributed by atoms with E-state index < -0.39 is 9.84 Å². The number of nitrogens with one attached hydrogen (secondary N) is 2.